The molecular formula is C32H41Cl2N3O4S. The lowest BCUT2D eigenvalue weighted by Crippen LogP contribution is -2.52. The molecule has 4 aliphatic rings. The van der Waals surface area contributed by atoms with Gasteiger partial charge in [-0.15, -0.1) is 0 Å². The van der Waals surface area contributed by atoms with Crippen molar-refractivity contribution >= 4 is 50.7 Å². The second kappa shape index (κ2) is 12.4. The highest BCUT2D eigenvalue weighted by Gasteiger charge is 2.51. The number of carbonyl (C=O) groups is 2. The van der Waals surface area contributed by atoms with Gasteiger partial charge >= 0.3 is 0 Å². The maximum Gasteiger partial charge on any atom is 0.244 e. The predicted octanol–water partition coefficient (Wildman–Crippen LogP) is 6.17. The fourth-order valence-corrected chi connectivity index (χ4v) is 9.28. The molecule has 228 valence electrons. The summed E-state index contributed by atoms with van der Waals surface area (Å²) in [4.78, 5) is 28.4. The van der Waals surface area contributed by atoms with Crippen LogP contribution in [0.1, 0.15) is 69.9 Å². The standard InChI is InChI=1S/C32H41Cl2N3O4S/c1-4-29(31(39)35-5-2)36(19-21-6-11-27(33)28(34)15-21)30(38)20-37(42(3,40)41)26-9-7-25(8-10-26)32-16-22-12-23(17-32)14-24(13-22)18-32/h6-11,15,22-24,29H,4-5,12-14,16-20H2,1-3H3,(H,35,39)/t22?,23?,24?,29-,32?/m0/s1. The number of nitrogens with zero attached hydrogens (tertiary/aromatic N) is 2. The minimum atomic E-state index is -3.81. The normalized spacial score (nSPS) is 25.2. The van der Waals surface area contributed by atoms with Crippen molar-refractivity contribution in [1.82, 2.24) is 10.2 Å². The summed E-state index contributed by atoms with van der Waals surface area (Å²) in [6, 6.07) is 12.1. The van der Waals surface area contributed by atoms with Crippen LogP contribution < -0.4 is 9.62 Å². The molecular weight excluding hydrogens is 593 g/mol. The Hall–Kier alpha value is -2.29. The molecule has 0 radical (unpaired) electrons. The van der Waals surface area contributed by atoms with Crippen LogP contribution in [-0.4, -0.2) is 50.5 Å². The summed E-state index contributed by atoms with van der Waals surface area (Å²) in [7, 11) is -3.81. The van der Waals surface area contributed by atoms with Crippen LogP contribution in [0.2, 0.25) is 10.0 Å². The average molecular weight is 635 g/mol. The van der Waals surface area contributed by atoms with Gasteiger partial charge in [0.15, 0.2) is 0 Å². The minimum absolute atomic E-state index is 0.0773. The highest BCUT2D eigenvalue weighted by Crippen LogP contribution is 2.60. The van der Waals surface area contributed by atoms with E-state index in [0.29, 0.717) is 34.3 Å². The van der Waals surface area contributed by atoms with Gasteiger partial charge in [-0.2, -0.15) is 0 Å². The van der Waals surface area contributed by atoms with Crippen molar-refractivity contribution in [2.45, 2.75) is 76.8 Å². The molecule has 7 nitrogen and oxygen atoms in total. The molecule has 2 aromatic carbocycles. The summed E-state index contributed by atoms with van der Waals surface area (Å²) < 4.78 is 27.3. The average Bonchev–Trinajstić information content (AvgIpc) is 2.92. The van der Waals surface area contributed by atoms with Crippen molar-refractivity contribution in [3.63, 3.8) is 0 Å². The molecule has 42 heavy (non-hydrogen) atoms. The van der Waals surface area contributed by atoms with Crippen LogP contribution in [0, 0.1) is 17.8 Å². The van der Waals surface area contributed by atoms with Gasteiger partial charge in [-0.05, 0) is 110 Å². The Kier molecular flexibility index (Phi) is 9.17. The van der Waals surface area contributed by atoms with Gasteiger partial charge in [-0.3, -0.25) is 13.9 Å². The summed E-state index contributed by atoms with van der Waals surface area (Å²) >= 11 is 12.3. The molecule has 4 fully saturated rings. The van der Waals surface area contributed by atoms with Gasteiger partial charge in [0.25, 0.3) is 0 Å². The number of sulfonamides is 1. The second-order valence-corrected chi connectivity index (χ2v) is 15.3. The largest absolute Gasteiger partial charge is 0.355 e. The Labute approximate surface area is 260 Å². The summed E-state index contributed by atoms with van der Waals surface area (Å²) in [5.74, 6) is 1.64. The fourth-order valence-electron chi connectivity index (χ4n) is 8.11. The van der Waals surface area contributed by atoms with E-state index in [4.69, 9.17) is 23.2 Å². The number of hydrogen-bond acceptors (Lipinski definition) is 4. The number of nitrogens with one attached hydrogen (secondary N) is 1. The number of rotatable bonds is 11. The fraction of sp³-hybridized carbons (Fsp3) is 0.562. The number of halogens is 2. The van der Waals surface area contributed by atoms with Crippen LogP contribution in [0.15, 0.2) is 42.5 Å². The van der Waals surface area contributed by atoms with Crippen molar-refractivity contribution in [3.05, 3.63) is 63.6 Å². The lowest BCUT2D eigenvalue weighted by Gasteiger charge is -2.57. The topological polar surface area (TPSA) is 86.8 Å². The smallest absolute Gasteiger partial charge is 0.244 e. The molecule has 0 aromatic heterocycles. The zero-order valence-electron chi connectivity index (χ0n) is 24.6. The van der Waals surface area contributed by atoms with Crippen LogP contribution >= 0.6 is 23.2 Å². The molecule has 2 amide bonds. The molecule has 1 atom stereocenters. The van der Waals surface area contributed by atoms with Gasteiger partial charge in [0.2, 0.25) is 21.8 Å². The number of amides is 2. The summed E-state index contributed by atoms with van der Waals surface area (Å²) in [5.41, 5.74) is 2.61. The number of likely N-dealkylation sites (N-methyl/N-ethyl adjacent to an activating group) is 1. The number of carbonyl (C=O) groups excluding carboxylic acids is 2. The first kappa shape index (κ1) is 31.1. The molecule has 2 aromatic rings. The maximum atomic E-state index is 13.9. The molecule has 0 spiro atoms. The van der Waals surface area contributed by atoms with Gasteiger partial charge in [0.1, 0.15) is 12.6 Å². The lowest BCUT2D eigenvalue weighted by molar-refractivity contribution is -0.140. The Morgan fingerprint density at radius 3 is 2.05 bits per heavy atom. The van der Waals surface area contributed by atoms with Crippen LogP contribution in [-0.2, 0) is 31.6 Å². The van der Waals surface area contributed by atoms with E-state index in [1.165, 1.54) is 49.0 Å². The van der Waals surface area contributed by atoms with Gasteiger partial charge < -0.3 is 10.2 Å². The first-order valence-corrected chi connectivity index (χ1v) is 17.6. The zero-order valence-corrected chi connectivity index (χ0v) is 26.9. The van der Waals surface area contributed by atoms with Gasteiger partial charge in [0, 0.05) is 13.1 Å². The van der Waals surface area contributed by atoms with E-state index in [-0.39, 0.29) is 17.9 Å². The highest BCUT2D eigenvalue weighted by molar-refractivity contribution is 7.92. The minimum Gasteiger partial charge on any atom is -0.355 e. The number of benzene rings is 2. The Bertz CT molecular complexity index is 1390. The molecule has 1 N–H and O–H groups in total. The molecule has 4 aliphatic carbocycles. The third kappa shape index (κ3) is 6.46. The van der Waals surface area contributed by atoms with Crippen molar-refractivity contribution in [3.8, 4) is 0 Å². The molecule has 0 unspecified atom stereocenters. The van der Waals surface area contributed by atoms with Gasteiger partial charge in [-0.1, -0.05) is 48.3 Å². The molecule has 6 rings (SSSR count). The third-order valence-corrected chi connectivity index (χ3v) is 11.4. The van der Waals surface area contributed by atoms with Crippen LogP contribution in [0.25, 0.3) is 0 Å². The second-order valence-electron chi connectivity index (χ2n) is 12.6. The van der Waals surface area contributed by atoms with Gasteiger partial charge in [-0.25, -0.2) is 8.42 Å². The van der Waals surface area contributed by atoms with E-state index in [0.717, 1.165) is 28.3 Å². The van der Waals surface area contributed by atoms with E-state index < -0.39 is 28.5 Å². The third-order valence-electron chi connectivity index (χ3n) is 9.56. The van der Waals surface area contributed by atoms with E-state index in [1.807, 2.05) is 26.0 Å². The zero-order chi connectivity index (χ0) is 30.2. The number of anilines is 1. The first-order chi connectivity index (χ1) is 19.9. The van der Waals surface area contributed by atoms with Crippen molar-refractivity contribution in [2.24, 2.45) is 17.8 Å². The summed E-state index contributed by atoms with van der Waals surface area (Å²) in [6.07, 6.45) is 9.19. The maximum absolute atomic E-state index is 13.9. The van der Waals surface area contributed by atoms with Crippen LogP contribution in [0.5, 0.6) is 0 Å². The predicted molar refractivity (Wildman–Crippen MR) is 168 cm³/mol. The molecule has 10 heteroatoms. The van der Waals surface area contributed by atoms with E-state index in [1.54, 1.807) is 18.2 Å². The molecule has 4 saturated carbocycles. The monoisotopic (exact) mass is 633 g/mol. The van der Waals surface area contributed by atoms with E-state index in [9.17, 15) is 18.0 Å². The van der Waals surface area contributed by atoms with Crippen LogP contribution in [0.4, 0.5) is 5.69 Å². The van der Waals surface area contributed by atoms with E-state index in [2.05, 4.69) is 17.4 Å². The first-order valence-electron chi connectivity index (χ1n) is 15.0. The Morgan fingerprint density at radius 1 is 0.952 bits per heavy atom. The Balaban J connectivity index is 1.41. The summed E-state index contributed by atoms with van der Waals surface area (Å²) in [6.45, 7) is 3.71. The molecule has 0 heterocycles. The molecule has 4 bridgehead atoms. The molecule has 0 saturated heterocycles. The number of hydrogen-bond donors (Lipinski definition) is 1. The Morgan fingerprint density at radius 2 is 1.55 bits per heavy atom. The molecule has 0 aliphatic heterocycles. The van der Waals surface area contributed by atoms with Crippen molar-refractivity contribution < 1.29 is 18.0 Å². The van der Waals surface area contributed by atoms with Crippen molar-refractivity contribution in [2.75, 3.05) is 23.7 Å². The SMILES string of the molecule is CCNC(=O)[C@H](CC)N(Cc1ccc(Cl)c(Cl)c1)C(=O)CN(c1ccc(C23CC4CC(CC(C4)C2)C3)cc1)S(C)(=O)=O. The van der Waals surface area contributed by atoms with E-state index >= 15 is 0 Å². The van der Waals surface area contributed by atoms with Gasteiger partial charge in [0.05, 0.1) is 22.0 Å². The van der Waals surface area contributed by atoms with Crippen LogP contribution in [0.3, 0.4) is 0 Å². The van der Waals surface area contributed by atoms with Crippen molar-refractivity contribution in [1.29, 1.82) is 0 Å². The summed E-state index contributed by atoms with van der Waals surface area (Å²) in [5, 5.41) is 3.52. The lowest BCUT2D eigenvalue weighted by atomic mass is 9.48. The highest BCUT2D eigenvalue weighted by atomic mass is 35.5. The quantitative estimate of drug-likeness (QED) is 0.321.